The van der Waals surface area contributed by atoms with Crippen molar-refractivity contribution in [2.24, 2.45) is 0 Å². The van der Waals surface area contributed by atoms with Crippen LogP contribution >= 0.6 is 0 Å². The van der Waals surface area contributed by atoms with E-state index in [0.717, 1.165) is 5.56 Å². The van der Waals surface area contributed by atoms with Gasteiger partial charge >= 0.3 is 5.97 Å². The number of rotatable bonds is 12. The van der Waals surface area contributed by atoms with Crippen LogP contribution in [0, 0.1) is 0 Å². The second-order valence-corrected chi connectivity index (χ2v) is 23.1. The first-order valence-electron chi connectivity index (χ1n) is 14.0. The summed E-state index contributed by atoms with van der Waals surface area (Å²) in [7, 11) is -3.29. The molecule has 0 spiro atoms. The number of benzene rings is 1. The van der Waals surface area contributed by atoms with Gasteiger partial charge in [0.25, 0.3) is 0 Å². The Bertz CT molecular complexity index is 928. The number of methoxy groups -OCH3 is 1. The molecule has 0 amide bonds. The van der Waals surface area contributed by atoms with Crippen LogP contribution < -0.4 is 0 Å². The first-order chi connectivity index (χ1) is 18.3. The van der Waals surface area contributed by atoms with Gasteiger partial charge < -0.3 is 38.0 Å². The monoisotopic (exact) mass is 600 g/mol. The number of aliphatic hydroxyl groups excluding tert-OH is 2. The van der Waals surface area contributed by atoms with Crippen LogP contribution in [0.3, 0.4) is 0 Å². The summed E-state index contributed by atoms with van der Waals surface area (Å²) >= 11 is 0. The predicted octanol–water partition coefficient (Wildman–Crippen LogP) is 4.62. The number of aliphatic hydroxyl groups is 2. The number of carbonyl (C=O) groups excluding carboxylic acids is 1. The number of hydrogen-bond donors (Lipinski definition) is 2. The van der Waals surface area contributed by atoms with Crippen LogP contribution in [0.4, 0.5) is 0 Å². The number of hydrogen-bond acceptors (Lipinski definition) is 9. The first kappa shape index (κ1) is 35.0. The molecule has 0 bridgehead atoms. The molecular weight excluding hydrogens is 548 g/mol. The van der Waals surface area contributed by atoms with Crippen molar-refractivity contribution in [3.05, 3.63) is 35.9 Å². The zero-order chi connectivity index (χ0) is 30.5. The van der Waals surface area contributed by atoms with Crippen molar-refractivity contribution in [3.63, 3.8) is 0 Å². The van der Waals surface area contributed by atoms with E-state index in [1.165, 1.54) is 0 Å². The maximum atomic E-state index is 12.9. The van der Waals surface area contributed by atoms with E-state index in [9.17, 15) is 15.0 Å². The smallest absolute Gasteiger partial charge is 0.337 e. The fourth-order valence-corrected chi connectivity index (χ4v) is 6.37. The van der Waals surface area contributed by atoms with E-state index in [-0.39, 0.29) is 16.7 Å². The Labute approximate surface area is 242 Å². The van der Waals surface area contributed by atoms with Crippen molar-refractivity contribution in [2.75, 3.05) is 20.3 Å². The first-order valence-corrected chi connectivity index (χ1v) is 19.8. The molecule has 1 saturated heterocycles. The lowest BCUT2D eigenvalue weighted by Gasteiger charge is -2.52. The molecule has 6 atom stereocenters. The molecule has 0 radical (unpaired) electrons. The molecule has 0 saturated carbocycles. The Morgan fingerprint density at radius 1 is 0.925 bits per heavy atom. The van der Waals surface area contributed by atoms with Crippen molar-refractivity contribution in [2.45, 2.75) is 121 Å². The minimum atomic E-state index is -2.46. The summed E-state index contributed by atoms with van der Waals surface area (Å²) in [5.74, 6) is -0.963. The summed E-state index contributed by atoms with van der Waals surface area (Å²) in [4.78, 5) is 12.9. The van der Waals surface area contributed by atoms with Crippen LogP contribution in [0.5, 0.6) is 0 Å². The standard InChI is InChI=1S/C29H52O9Si2/c1-28(2,3)39(8,9)37-24-23(36-26(32)21(31)17-30)22(19-34-18-20-15-13-12-14-16-20)35-27(33-7)25(24)38-40(10,11)29(4,5)6/h12-16,21-25,27,30-31H,17-19H2,1-11H3/t21-,22-,23-,24+,25-,27+/m1/s1. The fourth-order valence-electron chi connectivity index (χ4n) is 3.79. The van der Waals surface area contributed by atoms with E-state index in [0.29, 0.717) is 6.61 Å². The molecule has 1 fully saturated rings. The molecule has 9 nitrogen and oxygen atoms in total. The van der Waals surface area contributed by atoms with Gasteiger partial charge in [-0.3, -0.25) is 0 Å². The number of carbonyl (C=O) groups is 1. The van der Waals surface area contributed by atoms with Gasteiger partial charge in [-0.1, -0.05) is 71.9 Å². The van der Waals surface area contributed by atoms with E-state index in [1.54, 1.807) is 7.11 Å². The van der Waals surface area contributed by atoms with Crippen LogP contribution in [-0.4, -0.2) is 90.0 Å². The van der Waals surface area contributed by atoms with Gasteiger partial charge in [0.15, 0.2) is 35.1 Å². The van der Waals surface area contributed by atoms with Gasteiger partial charge in [-0.2, -0.15) is 0 Å². The molecule has 1 heterocycles. The lowest BCUT2D eigenvalue weighted by molar-refractivity contribution is -0.294. The van der Waals surface area contributed by atoms with Gasteiger partial charge in [0, 0.05) is 7.11 Å². The highest BCUT2D eigenvalue weighted by Crippen LogP contribution is 2.43. The molecule has 1 aliphatic heterocycles. The lowest BCUT2D eigenvalue weighted by Crippen LogP contribution is -2.67. The summed E-state index contributed by atoms with van der Waals surface area (Å²) in [6.07, 6.45) is -5.76. The average molecular weight is 601 g/mol. The minimum absolute atomic E-state index is 0.0755. The summed E-state index contributed by atoms with van der Waals surface area (Å²) < 4.78 is 38.0. The lowest BCUT2D eigenvalue weighted by atomic mass is 9.99. The highest BCUT2D eigenvalue weighted by Gasteiger charge is 2.55. The zero-order valence-electron chi connectivity index (χ0n) is 26.2. The van der Waals surface area contributed by atoms with Crippen LogP contribution in [0.25, 0.3) is 0 Å². The summed E-state index contributed by atoms with van der Waals surface area (Å²) in [6, 6.07) is 9.72. The summed E-state index contributed by atoms with van der Waals surface area (Å²) in [5, 5.41) is 19.2. The normalized spacial score (nSPS) is 25.5. The molecule has 40 heavy (non-hydrogen) atoms. The molecule has 0 unspecified atom stereocenters. The van der Waals surface area contributed by atoms with Crippen molar-refractivity contribution >= 4 is 22.6 Å². The van der Waals surface area contributed by atoms with Gasteiger partial charge in [0.1, 0.15) is 18.3 Å². The Kier molecular flexibility index (Phi) is 12.2. The second kappa shape index (κ2) is 13.9. The van der Waals surface area contributed by atoms with Crippen LogP contribution in [0.15, 0.2) is 30.3 Å². The molecule has 1 aromatic rings. The van der Waals surface area contributed by atoms with Gasteiger partial charge in [0.05, 0.1) is 19.8 Å². The van der Waals surface area contributed by atoms with E-state index < -0.39 is 66.0 Å². The molecule has 2 rings (SSSR count). The van der Waals surface area contributed by atoms with E-state index >= 15 is 0 Å². The van der Waals surface area contributed by atoms with E-state index in [4.69, 9.17) is 27.8 Å². The van der Waals surface area contributed by atoms with Crippen molar-refractivity contribution in [1.29, 1.82) is 0 Å². The van der Waals surface area contributed by atoms with E-state index in [1.807, 2.05) is 30.3 Å². The van der Waals surface area contributed by atoms with Gasteiger partial charge in [-0.05, 0) is 41.8 Å². The largest absolute Gasteiger partial charge is 0.455 e. The summed E-state index contributed by atoms with van der Waals surface area (Å²) in [6.45, 7) is 21.0. The highest BCUT2D eigenvalue weighted by molar-refractivity contribution is 6.74. The van der Waals surface area contributed by atoms with Crippen molar-refractivity contribution in [3.8, 4) is 0 Å². The van der Waals surface area contributed by atoms with Crippen molar-refractivity contribution in [1.82, 2.24) is 0 Å². The van der Waals surface area contributed by atoms with Crippen LogP contribution in [0.2, 0.25) is 36.3 Å². The molecule has 230 valence electrons. The Balaban J connectivity index is 2.54. The number of esters is 1. The van der Waals surface area contributed by atoms with Gasteiger partial charge in [-0.15, -0.1) is 0 Å². The summed E-state index contributed by atoms with van der Waals surface area (Å²) in [5.41, 5.74) is 0.985. The van der Waals surface area contributed by atoms with Crippen molar-refractivity contribution < 1.29 is 42.8 Å². The third kappa shape index (κ3) is 8.92. The maximum Gasteiger partial charge on any atom is 0.337 e. The molecule has 2 N–H and O–H groups in total. The maximum absolute atomic E-state index is 12.9. The molecule has 11 heteroatoms. The third-order valence-corrected chi connectivity index (χ3v) is 17.3. The molecular formula is C29H52O9Si2. The van der Waals surface area contributed by atoms with Crippen LogP contribution in [-0.2, 0) is 39.2 Å². The minimum Gasteiger partial charge on any atom is -0.455 e. The quantitative estimate of drug-likeness (QED) is 0.262. The zero-order valence-corrected chi connectivity index (χ0v) is 28.2. The molecule has 0 aliphatic carbocycles. The average Bonchev–Trinajstić information content (AvgIpc) is 2.85. The topological polar surface area (TPSA) is 113 Å². The fraction of sp³-hybridized carbons (Fsp3) is 0.759. The SMILES string of the molecule is CO[C@H]1O[C@H](COCc2ccccc2)[C@@H](OC(=O)[C@H](O)CO)[C@H](O[Si](C)(C)C(C)(C)C)[C@H]1O[Si](C)(C)C(C)(C)C. The molecule has 0 aromatic heterocycles. The highest BCUT2D eigenvalue weighted by atomic mass is 28.4. The van der Waals surface area contributed by atoms with Gasteiger partial charge in [0.2, 0.25) is 0 Å². The Morgan fingerprint density at radius 3 is 1.93 bits per heavy atom. The molecule has 1 aliphatic rings. The predicted molar refractivity (Wildman–Crippen MR) is 159 cm³/mol. The van der Waals surface area contributed by atoms with E-state index in [2.05, 4.69) is 67.7 Å². The van der Waals surface area contributed by atoms with Crippen LogP contribution in [0.1, 0.15) is 47.1 Å². The number of ether oxygens (including phenoxy) is 4. The Morgan fingerprint density at radius 2 is 1.45 bits per heavy atom. The van der Waals surface area contributed by atoms with Gasteiger partial charge in [-0.25, -0.2) is 4.79 Å². The second-order valence-electron chi connectivity index (χ2n) is 13.6. The third-order valence-electron chi connectivity index (χ3n) is 8.39. The molecule has 1 aromatic carbocycles. The Hall–Kier alpha value is -1.16.